The summed E-state index contributed by atoms with van der Waals surface area (Å²) in [4.78, 5) is 15.8. The van der Waals surface area contributed by atoms with Gasteiger partial charge in [0.1, 0.15) is 0 Å². The number of nitrogens with one attached hydrogen (secondary N) is 1. The summed E-state index contributed by atoms with van der Waals surface area (Å²) in [6, 6.07) is 0. The lowest BCUT2D eigenvalue weighted by molar-refractivity contribution is 0.0948. The minimum atomic E-state index is -0.315. The number of amides is 1. The Balaban J connectivity index is 1.87. The van der Waals surface area contributed by atoms with E-state index < -0.39 is 0 Å². The Bertz CT molecular complexity index is 558. The van der Waals surface area contributed by atoms with E-state index in [0.717, 1.165) is 0 Å². The van der Waals surface area contributed by atoms with Crippen molar-refractivity contribution in [1.82, 2.24) is 25.2 Å². The highest BCUT2D eigenvalue weighted by atomic mass is 16.5. The quantitative estimate of drug-likeness (QED) is 0.768. The van der Waals surface area contributed by atoms with Gasteiger partial charge in [-0.05, 0) is 6.92 Å². The predicted molar refractivity (Wildman–Crippen MR) is 62.7 cm³/mol. The summed E-state index contributed by atoms with van der Waals surface area (Å²) in [5, 5.41) is 10.3. The fourth-order valence-electron chi connectivity index (χ4n) is 1.49. The van der Waals surface area contributed by atoms with Crippen LogP contribution < -0.4 is 11.1 Å². The summed E-state index contributed by atoms with van der Waals surface area (Å²) in [6.07, 6.45) is 2.05. The van der Waals surface area contributed by atoms with Crippen LogP contribution in [-0.2, 0) is 13.5 Å². The van der Waals surface area contributed by atoms with Gasteiger partial charge in [-0.1, -0.05) is 5.16 Å². The lowest BCUT2D eigenvalue weighted by atomic mass is 10.3. The second-order valence-electron chi connectivity index (χ2n) is 3.85. The maximum Gasteiger partial charge on any atom is 0.273 e. The molecule has 1 amide bonds. The van der Waals surface area contributed by atoms with Gasteiger partial charge in [-0.3, -0.25) is 9.48 Å². The third kappa shape index (κ3) is 2.65. The molecule has 0 radical (unpaired) electrons. The average molecular weight is 250 g/mol. The van der Waals surface area contributed by atoms with Gasteiger partial charge in [-0.2, -0.15) is 10.1 Å². The van der Waals surface area contributed by atoms with Crippen LogP contribution in [0.15, 0.2) is 10.7 Å². The Morgan fingerprint density at radius 3 is 2.94 bits per heavy atom. The maximum absolute atomic E-state index is 11.7. The third-order valence-electron chi connectivity index (χ3n) is 2.27. The zero-order chi connectivity index (χ0) is 13.1. The van der Waals surface area contributed by atoms with Crippen molar-refractivity contribution in [2.75, 3.05) is 12.3 Å². The molecule has 96 valence electrons. The van der Waals surface area contributed by atoms with Crippen LogP contribution in [0.1, 0.15) is 22.2 Å². The molecule has 0 unspecified atom stereocenters. The summed E-state index contributed by atoms with van der Waals surface area (Å²) < 4.78 is 6.41. The number of nitrogens with two attached hydrogens (primary N) is 1. The first-order chi connectivity index (χ1) is 8.56. The lowest BCUT2D eigenvalue weighted by Crippen LogP contribution is -2.27. The number of hydrogen-bond donors (Lipinski definition) is 2. The molecule has 0 aromatic carbocycles. The Hall–Kier alpha value is -2.38. The fourth-order valence-corrected chi connectivity index (χ4v) is 1.49. The maximum atomic E-state index is 11.7. The van der Waals surface area contributed by atoms with E-state index in [9.17, 15) is 4.79 Å². The first kappa shape index (κ1) is 12.1. The van der Waals surface area contributed by atoms with Gasteiger partial charge in [0.2, 0.25) is 5.89 Å². The molecule has 0 aliphatic carbocycles. The van der Waals surface area contributed by atoms with Gasteiger partial charge in [-0.15, -0.1) is 0 Å². The van der Waals surface area contributed by atoms with Crippen molar-refractivity contribution in [3.05, 3.63) is 23.6 Å². The second kappa shape index (κ2) is 4.86. The summed E-state index contributed by atoms with van der Waals surface area (Å²) in [5.41, 5.74) is 6.22. The molecular weight excluding hydrogens is 236 g/mol. The van der Waals surface area contributed by atoms with Gasteiger partial charge in [0, 0.05) is 26.2 Å². The molecule has 0 saturated heterocycles. The minimum Gasteiger partial charge on any atom is -0.396 e. The van der Waals surface area contributed by atoms with E-state index in [1.54, 1.807) is 20.2 Å². The highest BCUT2D eigenvalue weighted by molar-refractivity contribution is 5.96. The number of aromatic nitrogens is 4. The van der Waals surface area contributed by atoms with Crippen LogP contribution in [0.25, 0.3) is 0 Å². The third-order valence-corrected chi connectivity index (χ3v) is 2.27. The van der Waals surface area contributed by atoms with Crippen molar-refractivity contribution in [2.24, 2.45) is 7.05 Å². The zero-order valence-electron chi connectivity index (χ0n) is 10.2. The predicted octanol–water partition coefficient (Wildman–Crippen LogP) is -0.334. The number of carbonyl (C=O) groups excluding carboxylic acids is 1. The van der Waals surface area contributed by atoms with Crippen LogP contribution in [0.4, 0.5) is 5.69 Å². The van der Waals surface area contributed by atoms with E-state index in [4.69, 9.17) is 10.3 Å². The normalized spacial score (nSPS) is 10.6. The van der Waals surface area contributed by atoms with Crippen molar-refractivity contribution in [3.8, 4) is 0 Å². The molecule has 2 heterocycles. The smallest absolute Gasteiger partial charge is 0.273 e. The zero-order valence-corrected chi connectivity index (χ0v) is 10.2. The first-order valence-electron chi connectivity index (χ1n) is 5.43. The van der Waals surface area contributed by atoms with E-state index in [1.165, 1.54) is 4.68 Å². The van der Waals surface area contributed by atoms with Gasteiger partial charge < -0.3 is 15.6 Å². The Morgan fingerprint density at radius 2 is 2.39 bits per heavy atom. The van der Waals surface area contributed by atoms with E-state index in [1.807, 2.05) is 0 Å². The van der Waals surface area contributed by atoms with Crippen molar-refractivity contribution >= 4 is 11.6 Å². The van der Waals surface area contributed by atoms with Gasteiger partial charge in [0.25, 0.3) is 5.91 Å². The molecule has 0 aliphatic rings. The van der Waals surface area contributed by atoms with Crippen LogP contribution in [0.5, 0.6) is 0 Å². The minimum absolute atomic E-state index is 0.221. The van der Waals surface area contributed by atoms with Crippen LogP contribution in [0.2, 0.25) is 0 Å². The van der Waals surface area contributed by atoms with Gasteiger partial charge >= 0.3 is 0 Å². The number of anilines is 1. The highest BCUT2D eigenvalue weighted by Crippen LogP contribution is 2.07. The molecule has 0 aliphatic heterocycles. The van der Waals surface area contributed by atoms with Crippen molar-refractivity contribution in [2.45, 2.75) is 13.3 Å². The number of nitrogens with zero attached hydrogens (tertiary/aromatic N) is 4. The average Bonchev–Trinajstić information content (AvgIpc) is 2.85. The SMILES string of the molecule is Cc1noc(CCNC(=O)c2nn(C)cc2N)n1. The Labute approximate surface area is 103 Å². The van der Waals surface area contributed by atoms with Crippen LogP contribution >= 0.6 is 0 Å². The molecule has 2 aromatic rings. The molecule has 3 N–H and O–H groups in total. The van der Waals surface area contributed by atoms with E-state index >= 15 is 0 Å². The lowest BCUT2D eigenvalue weighted by Gasteiger charge is -2.00. The topological polar surface area (TPSA) is 112 Å². The van der Waals surface area contributed by atoms with Crippen LogP contribution in [-0.4, -0.2) is 32.4 Å². The molecule has 0 fully saturated rings. The highest BCUT2D eigenvalue weighted by Gasteiger charge is 2.13. The summed E-state index contributed by atoms with van der Waals surface area (Å²) in [5.74, 6) is 0.747. The summed E-state index contributed by atoms with van der Waals surface area (Å²) >= 11 is 0. The molecule has 18 heavy (non-hydrogen) atoms. The Kier molecular flexibility index (Phi) is 3.26. The van der Waals surface area contributed by atoms with Gasteiger partial charge in [0.05, 0.1) is 5.69 Å². The van der Waals surface area contributed by atoms with E-state index in [0.29, 0.717) is 30.4 Å². The molecule has 0 spiro atoms. The number of nitrogen functional groups attached to an aromatic ring is 1. The first-order valence-corrected chi connectivity index (χ1v) is 5.43. The van der Waals surface area contributed by atoms with E-state index in [-0.39, 0.29) is 11.6 Å². The van der Waals surface area contributed by atoms with Gasteiger partial charge in [-0.25, -0.2) is 0 Å². The van der Waals surface area contributed by atoms with Gasteiger partial charge in [0.15, 0.2) is 11.5 Å². The number of aryl methyl sites for hydroxylation is 2. The van der Waals surface area contributed by atoms with Crippen LogP contribution in [0.3, 0.4) is 0 Å². The molecule has 2 rings (SSSR count). The molecule has 0 saturated carbocycles. The summed E-state index contributed by atoms with van der Waals surface area (Å²) in [6.45, 7) is 2.12. The molecule has 8 nitrogen and oxygen atoms in total. The molecule has 8 heteroatoms. The fraction of sp³-hybridized carbons (Fsp3) is 0.400. The monoisotopic (exact) mass is 250 g/mol. The second-order valence-corrected chi connectivity index (χ2v) is 3.85. The molecular formula is C10H14N6O2. The summed E-state index contributed by atoms with van der Waals surface area (Å²) in [7, 11) is 1.70. The number of carbonyl (C=O) groups is 1. The number of hydrogen-bond acceptors (Lipinski definition) is 6. The number of rotatable bonds is 4. The molecule has 0 bridgehead atoms. The molecule has 0 atom stereocenters. The van der Waals surface area contributed by atoms with Crippen molar-refractivity contribution in [1.29, 1.82) is 0 Å². The Morgan fingerprint density at radius 1 is 1.61 bits per heavy atom. The standard InChI is InChI=1S/C10H14N6O2/c1-6-13-8(18-15-6)3-4-12-10(17)9-7(11)5-16(2)14-9/h5H,3-4,11H2,1-2H3,(H,12,17). The largest absolute Gasteiger partial charge is 0.396 e. The van der Waals surface area contributed by atoms with Crippen molar-refractivity contribution in [3.63, 3.8) is 0 Å². The van der Waals surface area contributed by atoms with Crippen LogP contribution in [0, 0.1) is 6.92 Å². The van der Waals surface area contributed by atoms with E-state index in [2.05, 4.69) is 20.6 Å². The molecule has 2 aromatic heterocycles. The van der Waals surface area contributed by atoms with Crippen molar-refractivity contribution < 1.29 is 9.32 Å².